The summed E-state index contributed by atoms with van der Waals surface area (Å²) in [5, 5.41) is 9.29. The number of rotatable bonds is 2. The van der Waals surface area contributed by atoms with E-state index in [0.29, 0.717) is 23.3 Å². The van der Waals surface area contributed by atoms with E-state index in [1.54, 1.807) is 12.3 Å². The Hall–Kier alpha value is -2.19. The Morgan fingerprint density at radius 2 is 2.20 bits per heavy atom. The number of aromatic carboxylic acids is 1. The number of fused-ring (bicyclic) bond motifs is 2. The number of hydrogen-bond donors (Lipinski definition) is 2. The van der Waals surface area contributed by atoms with E-state index in [-0.39, 0.29) is 5.60 Å². The van der Waals surface area contributed by atoms with Crippen LogP contribution >= 0.6 is 11.3 Å². The first-order chi connectivity index (χ1) is 12.0. The molecule has 7 nitrogen and oxygen atoms in total. The molecule has 0 saturated carbocycles. The Morgan fingerprint density at radius 3 is 2.88 bits per heavy atom. The topological polar surface area (TPSA) is 102 Å². The van der Waals surface area contributed by atoms with Crippen molar-refractivity contribution in [3.05, 3.63) is 33.1 Å². The van der Waals surface area contributed by atoms with Gasteiger partial charge in [-0.25, -0.2) is 9.78 Å². The Kier molecular flexibility index (Phi) is 3.88. The number of carboxylic acid groups (broad SMARTS) is 1. The van der Waals surface area contributed by atoms with E-state index in [2.05, 4.69) is 14.9 Å². The van der Waals surface area contributed by atoms with E-state index in [4.69, 9.17) is 10.5 Å². The summed E-state index contributed by atoms with van der Waals surface area (Å²) in [5.41, 5.74) is 7.45. The first kappa shape index (κ1) is 16.3. The lowest BCUT2D eigenvalue weighted by molar-refractivity contribution is -0.0758. The van der Waals surface area contributed by atoms with Crippen molar-refractivity contribution in [1.82, 2.24) is 9.97 Å². The molecule has 3 N–H and O–H groups in total. The van der Waals surface area contributed by atoms with Gasteiger partial charge in [0.25, 0.3) is 0 Å². The minimum atomic E-state index is -0.865. The Balaban J connectivity index is 1.57. The molecule has 4 heterocycles. The highest BCUT2D eigenvalue weighted by Crippen LogP contribution is 2.44. The highest BCUT2D eigenvalue weighted by Gasteiger charge is 2.42. The zero-order valence-corrected chi connectivity index (χ0v) is 14.8. The zero-order chi connectivity index (χ0) is 17.6. The predicted molar refractivity (Wildman–Crippen MR) is 95.2 cm³/mol. The molecule has 2 aliphatic heterocycles. The number of aryl methyl sites for hydroxylation is 1. The summed E-state index contributed by atoms with van der Waals surface area (Å²) in [6.07, 6.45) is 4.10. The van der Waals surface area contributed by atoms with Crippen LogP contribution in [0.5, 0.6) is 0 Å². The van der Waals surface area contributed by atoms with E-state index in [1.165, 1.54) is 11.3 Å². The third-order valence-electron chi connectivity index (χ3n) is 5.07. The molecule has 1 spiro atoms. The molecule has 2 aliphatic rings. The van der Waals surface area contributed by atoms with Gasteiger partial charge in [0.05, 0.1) is 12.2 Å². The van der Waals surface area contributed by atoms with Crippen LogP contribution in [0.3, 0.4) is 0 Å². The van der Waals surface area contributed by atoms with Gasteiger partial charge >= 0.3 is 5.97 Å². The first-order valence-corrected chi connectivity index (χ1v) is 9.15. The molecular formula is C17H20N4O3S. The van der Waals surface area contributed by atoms with E-state index in [9.17, 15) is 9.90 Å². The fraction of sp³-hybridized carbons (Fsp3) is 0.471. The fourth-order valence-electron chi connectivity index (χ4n) is 3.60. The van der Waals surface area contributed by atoms with Crippen molar-refractivity contribution in [2.75, 3.05) is 30.3 Å². The normalized spacial score (nSPS) is 19.0. The molecule has 2 aromatic rings. The average molecular weight is 360 g/mol. The fourth-order valence-corrected chi connectivity index (χ4v) is 4.67. The Morgan fingerprint density at radius 1 is 1.44 bits per heavy atom. The Labute approximate surface area is 149 Å². The van der Waals surface area contributed by atoms with Crippen LogP contribution in [0.4, 0.5) is 11.8 Å². The lowest BCUT2D eigenvalue weighted by Gasteiger charge is -2.44. The summed E-state index contributed by atoms with van der Waals surface area (Å²) in [4.78, 5) is 23.7. The summed E-state index contributed by atoms with van der Waals surface area (Å²) in [7, 11) is 0. The van der Waals surface area contributed by atoms with Gasteiger partial charge in [0.1, 0.15) is 10.7 Å². The van der Waals surface area contributed by atoms with Crippen LogP contribution in [0, 0.1) is 6.92 Å². The second-order valence-corrected chi connectivity index (χ2v) is 7.71. The molecule has 0 unspecified atom stereocenters. The summed E-state index contributed by atoms with van der Waals surface area (Å²) < 4.78 is 6.17. The van der Waals surface area contributed by atoms with Gasteiger partial charge in [-0.3, -0.25) is 0 Å². The third kappa shape index (κ3) is 2.75. The first-order valence-electron chi connectivity index (χ1n) is 8.33. The van der Waals surface area contributed by atoms with Gasteiger partial charge < -0.3 is 20.5 Å². The largest absolute Gasteiger partial charge is 0.477 e. The van der Waals surface area contributed by atoms with Gasteiger partial charge in [-0.1, -0.05) is 0 Å². The number of nitrogen functional groups attached to an aromatic ring is 1. The lowest BCUT2D eigenvalue weighted by Crippen LogP contribution is -2.46. The Bertz CT molecular complexity index is 827. The number of nitrogens with zero attached hydrogens (tertiary/aromatic N) is 3. The number of nitrogens with two attached hydrogens (primary N) is 1. The van der Waals surface area contributed by atoms with Crippen molar-refractivity contribution in [2.24, 2.45) is 0 Å². The second-order valence-electron chi connectivity index (χ2n) is 6.57. The van der Waals surface area contributed by atoms with Gasteiger partial charge in [0.2, 0.25) is 5.95 Å². The molecule has 2 aromatic heterocycles. The number of piperidine rings is 1. The van der Waals surface area contributed by atoms with Crippen LogP contribution in [0.15, 0.2) is 12.3 Å². The quantitative estimate of drug-likeness (QED) is 0.846. The molecular weight excluding hydrogens is 340 g/mol. The van der Waals surface area contributed by atoms with Gasteiger partial charge in [-0.15, -0.1) is 11.3 Å². The van der Waals surface area contributed by atoms with E-state index >= 15 is 0 Å². The van der Waals surface area contributed by atoms with Crippen molar-refractivity contribution in [3.63, 3.8) is 0 Å². The monoisotopic (exact) mass is 360 g/mol. The van der Waals surface area contributed by atoms with Crippen LogP contribution in [0.2, 0.25) is 0 Å². The van der Waals surface area contributed by atoms with Crippen LogP contribution in [-0.4, -0.2) is 40.7 Å². The minimum absolute atomic E-state index is 0.384. The van der Waals surface area contributed by atoms with Gasteiger partial charge in [0.15, 0.2) is 0 Å². The van der Waals surface area contributed by atoms with E-state index in [1.807, 2.05) is 6.92 Å². The van der Waals surface area contributed by atoms with Gasteiger partial charge in [0, 0.05) is 36.1 Å². The van der Waals surface area contributed by atoms with Crippen LogP contribution < -0.4 is 10.6 Å². The smallest absolute Gasteiger partial charge is 0.345 e. The lowest BCUT2D eigenvalue weighted by atomic mass is 9.82. The maximum absolute atomic E-state index is 11.3. The van der Waals surface area contributed by atoms with Gasteiger partial charge in [-0.05, 0) is 31.4 Å². The van der Waals surface area contributed by atoms with Crippen molar-refractivity contribution >= 4 is 29.1 Å². The summed E-state index contributed by atoms with van der Waals surface area (Å²) in [6, 6.07) is 1.80. The van der Waals surface area contributed by atoms with Crippen molar-refractivity contribution < 1.29 is 14.6 Å². The number of carbonyl (C=O) groups is 1. The van der Waals surface area contributed by atoms with Crippen LogP contribution in [0.1, 0.15) is 38.5 Å². The van der Waals surface area contributed by atoms with Gasteiger partial charge in [-0.2, -0.15) is 4.98 Å². The van der Waals surface area contributed by atoms with Crippen molar-refractivity contribution in [1.29, 1.82) is 0 Å². The maximum Gasteiger partial charge on any atom is 0.345 e. The summed E-state index contributed by atoms with van der Waals surface area (Å²) in [6.45, 7) is 4.03. The number of aromatic nitrogens is 2. The average Bonchev–Trinajstić information content (AvgIpc) is 3.05. The number of hydrogen-bond acceptors (Lipinski definition) is 7. The predicted octanol–water partition coefficient (Wildman–Crippen LogP) is 2.20. The number of thiophene rings is 1. The molecule has 0 bridgehead atoms. The second kappa shape index (κ2) is 5.96. The number of anilines is 2. The zero-order valence-electron chi connectivity index (χ0n) is 14.0. The van der Waals surface area contributed by atoms with E-state index in [0.717, 1.165) is 48.4 Å². The highest BCUT2D eigenvalue weighted by atomic mass is 32.1. The minimum Gasteiger partial charge on any atom is -0.477 e. The highest BCUT2D eigenvalue weighted by molar-refractivity contribution is 7.14. The van der Waals surface area contributed by atoms with Crippen LogP contribution in [-0.2, 0) is 16.8 Å². The summed E-state index contributed by atoms with van der Waals surface area (Å²) in [5.74, 6) is 0.284. The molecule has 0 radical (unpaired) electrons. The third-order valence-corrected chi connectivity index (χ3v) is 6.25. The number of carboxylic acids is 1. The number of ether oxygens (including phenoxy) is 1. The molecule has 25 heavy (non-hydrogen) atoms. The maximum atomic E-state index is 11.3. The molecule has 1 saturated heterocycles. The molecule has 8 heteroatoms. The summed E-state index contributed by atoms with van der Waals surface area (Å²) >= 11 is 1.38. The molecule has 0 aliphatic carbocycles. The molecule has 132 valence electrons. The molecule has 0 atom stereocenters. The molecule has 4 rings (SSSR count). The molecule has 0 amide bonds. The molecule has 0 aromatic carbocycles. The van der Waals surface area contributed by atoms with E-state index < -0.39 is 5.97 Å². The van der Waals surface area contributed by atoms with Crippen molar-refractivity contribution in [2.45, 2.75) is 31.8 Å². The SMILES string of the molecule is Cc1cnc(N2CCC3(CC2)OCCc2sc(C(=O)O)cc23)nc1N. The standard InChI is InChI=1S/C17H20N4O3S/c1-10-9-19-16(20-14(10)18)21-5-3-17(4-6-21)11-8-13(15(22)23)25-12(11)2-7-24-17/h8-9H,2-7H2,1H3,(H,22,23)(H2,18,19,20). The van der Waals surface area contributed by atoms with Crippen molar-refractivity contribution in [3.8, 4) is 0 Å². The molecule has 1 fully saturated rings. The van der Waals surface area contributed by atoms with Crippen LogP contribution in [0.25, 0.3) is 0 Å².